The number of halogens is 1. The summed E-state index contributed by atoms with van der Waals surface area (Å²) < 4.78 is 66.3. The molecule has 1 aromatic rings. The number of anilines is 1. The van der Waals surface area contributed by atoms with Gasteiger partial charge in [-0.1, -0.05) is 9.35 Å². The van der Waals surface area contributed by atoms with Gasteiger partial charge in [0.15, 0.2) is 6.23 Å². The molecule has 0 aliphatic carbocycles. The zero-order chi connectivity index (χ0) is 24.3. The summed E-state index contributed by atoms with van der Waals surface area (Å²) in [7, 11) is -16.3. The molecular weight excluding hydrogens is 538 g/mol. The summed E-state index contributed by atoms with van der Waals surface area (Å²) in [5, 5.41) is 3.40. The van der Waals surface area contributed by atoms with Crippen LogP contribution in [0, 0.1) is 5.82 Å². The lowest BCUT2D eigenvalue weighted by atomic mass is 10.5. The van der Waals surface area contributed by atoms with E-state index in [1.54, 1.807) is 0 Å². The monoisotopic (exact) mass is 551 g/mol. The third-order valence-electron chi connectivity index (χ3n) is 2.93. The molecule has 1 aliphatic rings. The van der Waals surface area contributed by atoms with Gasteiger partial charge in [0.1, 0.15) is 17.9 Å². The second-order valence-electron chi connectivity index (χ2n) is 5.27. The summed E-state index contributed by atoms with van der Waals surface area (Å²) in [6.45, 7) is -0.625. The van der Waals surface area contributed by atoms with Crippen LogP contribution in [0.5, 0.6) is 0 Å². The molecule has 2 unspecified atom stereocenters. The molecule has 184 valence electrons. The Labute approximate surface area is 178 Å². The molecule has 0 radical (unpaired) electrons. The highest BCUT2D eigenvalue weighted by Gasteiger charge is 2.36. The quantitative estimate of drug-likeness (QED) is 0.109. The molecule has 19 nitrogen and oxygen atoms in total. The van der Waals surface area contributed by atoms with E-state index < -0.39 is 64.6 Å². The molecule has 0 amide bonds. The number of rotatable bonds is 11. The molecule has 0 spiro atoms. The normalized spacial score (nSPS) is 23.0. The number of nitrogens with zero attached hydrogens (tertiary/aromatic N) is 1. The fourth-order valence-corrected chi connectivity index (χ4v) is 4.51. The molecule has 32 heavy (non-hydrogen) atoms. The maximum Gasteiger partial charge on any atom is 0.529 e. The highest BCUT2D eigenvalue weighted by molar-refractivity contribution is 8.00. The standard InChI is InChI=1S/C8H13FN3O16P3S/c9-5-6(10)11-8(14)12(7(5)13)3-2-32-4(23-3)1-22-25-30(18,19)26-24-27-31(20,21)28-29(15,16)17/h3-4H,1-2,10H2,(H,11,14)(H,18,19)(H,20,21)(H2,15,16,17)/t3-,4+/m0/s1. The van der Waals surface area contributed by atoms with E-state index in [4.69, 9.17) is 25.2 Å². The lowest BCUT2D eigenvalue weighted by molar-refractivity contribution is -0.433. The van der Waals surface area contributed by atoms with Gasteiger partial charge in [-0.05, 0) is 5.04 Å². The van der Waals surface area contributed by atoms with Crippen molar-refractivity contribution in [3.05, 3.63) is 26.7 Å². The Morgan fingerprint density at radius 2 is 1.78 bits per heavy atom. The van der Waals surface area contributed by atoms with Gasteiger partial charge in [-0.15, -0.1) is 16.4 Å². The number of nitrogens with one attached hydrogen (secondary N) is 1. The minimum atomic E-state index is -5.55. The Kier molecular flexibility index (Phi) is 8.96. The van der Waals surface area contributed by atoms with Crippen LogP contribution in [0.25, 0.3) is 0 Å². The van der Waals surface area contributed by atoms with Gasteiger partial charge in [0.2, 0.25) is 5.82 Å². The predicted octanol–water partition coefficient (Wildman–Crippen LogP) is -1.02. The van der Waals surface area contributed by atoms with Crippen molar-refractivity contribution in [2.24, 2.45) is 0 Å². The summed E-state index contributed by atoms with van der Waals surface area (Å²) in [5.74, 6) is -2.21. The van der Waals surface area contributed by atoms with Gasteiger partial charge in [0.05, 0.1) is 0 Å². The first-order chi connectivity index (χ1) is 14.6. The Bertz CT molecular complexity index is 1090. The van der Waals surface area contributed by atoms with Crippen LogP contribution in [-0.4, -0.2) is 46.9 Å². The molecule has 0 bridgehead atoms. The van der Waals surface area contributed by atoms with Gasteiger partial charge in [-0.25, -0.2) is 27.9 Å². The molecule has 24 heteroatoms. The van der Waals surface area contributed by atoms with Gasteiger partial charge in [-0.3, -0.25) is 14.7 Å². The maximum absolute atomic E-state index is 13.6. The Morgan fingerprint density at radius 3 is 2.41 bits per heavy atom. The molecule has 0 aromatic carbocycles. The number of ether oxygens (including phenoxy) is 1. The van der Waals surface area contributed by atoms with Crippen molar-refractivity contribution in [2.45, 2.75) is 11.7 Å². The summed E-state index contributed by atoms with van der Waals surface area (Å²) >= 11 is 0.928. The predicted molar refractivity (Wildman–Crippen MR) is 95.1 cm³/mol. The number of hydrogen-bond acceptors (Lipinski definition) is 14. The summed E-state index contributed by atoms with van der Waals surface area (Å²) in [5.41, 5.74) is 1.74. The van der Waals surface area contributed by atoms with Crippen LogP contribution < -0.4 is 17.0 Å². The van der Waals surface area contributed by atoms with E-state index in [1.807, 2.05) is 4.98 Å². The van der Waals surface area contributed by atoms with E-state index in [9.17, 15) is 32.6 Å². The minimum absolute atomic E-state index is 0.0457. The van der Waals surface area contributed by atoms with E-state index in [-0.39, 0.29) is 5.75 Å². The average molecular weight is 551 g/mol. The Balaban J connectivity index is 1.81. The zero-order valence-corrected chi connectivity index (χ0v) is 18.4. The maximum atomic E-state index is 13.6. The fourth-order valence-electron chi connectivity index (χ4n) is 1.87. The van der Waals surface area contributed by atoms with Crippen LogP contribution in [0.1, 0.15) is 6.23 Å². The smallest absolute Gasteiger partial charge is 0.383 e. The average Bonchev–Trinajstić information content (AvgIpc) is 3.05. The summed E-state index contributed by atoms with van der Waals surface area (Å²) in [4.78, 5) is 64.6. The summed E-state index contributed by atoms with van der Waals surface area (Å²) in [6, 6.07) is 0. The number of aromatic amines is 1. The number of phosphoric acid groups is 3. The van der Waals surface area contributed by atoms with Crippen LogP contribution in [-0.2, 0) is 46.7 Å². The first-order valence-electron chi connectivity index (χ1n) is 7.45. The fraction of sp³-hybridized carbons (Fsp3) is 0.500. The topological polar surface area (TPSA) is 278 Å². The van der Waals surface area contributed by atoms with E-state index in [2.05, 4.69) is 28.3 Å². The van der Waals surface area contributed by atoms with Crippen molar-refractivity contribution in [3.8, 4) is 0 Å². The van der Waals surface area contributed by atoms with Gasteiger partial charge in [0, 0.05) is 5.75 Å². The number of nitrogens with two attached hydrogens (primary N) is 1. The van der Waals surface area contributed by atoms with E-state index >= 15 is 0 Å². The second-order valence-corrected chi connectivity index (χ2v) is 10.4. The number of nitrogen functional groups attached to an aromatic ring is 1. The molecule has 1 saturated heterocycles. The van der Waals surface area contributed by atoms with Crippen molar-refractivity contribution < 1.29 is 70.7 Å². The highest BCUT2D eigenvalue weighted by atomic mass is 32.2. The lowest BCUT2D eigenvalue weighted by Crippen LogP contribution is -2.41. The van der Waals surface area contributed by atoms with Gasteiger partial charge in [-0.2, -0.15) is 8.70 Å². The third kappa shape index (κ3) is 8.10. The number of hydrogen-bond donors (Lipinski definition) is 6. The van der Waals surface area contributed by atoms with Crippen LogP contribution in [0.2, 0.25) is 0 Å². The van der Waals surface area contributed by atoms with Gasteiger partial charge >= 0.3 is 29.2 Å². The molecule has 1 fully saturated rings. The molecule has 2 heterocycles. The second kappa shape index (κ2) is 10.5. The van der Waals surface area contributed by atoms with Crippen molar-refractivity contribution in [1.82, 2.24) is 9.55 Å². The first kappa shape index (κ1) is 27.3. The minimum Gasteiger partial charge on any atom is -0.383 e. The SMILES string of the molecule is Nc1[nH]c(=O)n([C@@H]2CS[C@H](COOP(=O)(O)OOOP(=O)(O)OP(=O)(O)O)O2)c(=O)c1F. The van der Waals surface area contributed by atoms with E-state index in [1.165, 1.54) is 0 Å². The van der Waals surface area contributed by atoms with E-state index in [0.717, 1.165) is 11.8 Å². The van der Waals surface area contributed by atoms with E-state index in [0.29, 0.717) is 4.57 Å². The Hall–Kier alpha value is -0.990. The number of aromatic nitrogens is 2. The zero-order valence-electron chi connectivity index (χ0n) is 14.9. The molecule has 0 saturated carbocycles. The van der Waals surface area contributed by atoms with Crippen molar-refractivity contribution in [1.29, 1.82) is 0 Å². The highest BCUT2D eigenvalue weighted by Crippen LogP contribution is 2.58. The Morgan fingerprint density at radius 1 is 1.16 bits per heavy atom. The van der Waals surface area contributed by atoms with Crippen LogP contribution in [0.15, 0.2) is 9.59 Å². The van der Waals surface area contributed by atoms with Crippen molar-refractivity contribution in [2.75, 3.05) is 18.1 Å². The van der Waals surface area contributed by atoms with Crippen molar-refractivity contribution in [3.63, 3.8) is 0 Å². The molecule has 1 aliphatic heterocycles. The molecule has 2 rings (SSSR count). The number of thioether (sulfide) groups is 1. The molecule has 1 aromatic heterocycles. The van der Waals surface area contributed by atoms with Gasteiger partial charge in [0.25, 0.3) is 5.56 Å². The summed E-state index contributed by atoms with van der Waals surface area (Å²) in [6.07, 6.45) is -1.25. The molecule has 4 atom stereocenters. The first-order valence-corrected chi connectivity index (χ1v) is 13.0. The van der Waals surface area contributed by atoms with Gasteiger partial charge < -0.3 is 25.2 Å². The number of H-pyrrole nitrogens is 1. The molecule has 7 N–H and O–H groups in total. The van der Waals surface area contributed by atoms with Crippen LogP contribution in [0.4, 0.5) is 10.2 Å². The molecular formula is C8H13FN3O16P3S. The van der Waals surface area contributed by atoms with Crippen molar-refractivity contribution >= 4 is 41.0 Å². The van der Waals surface area contributed by atoms with Crippen LogP contribution >= 0.6 is 35.2 Å². The largest absolute Gasteiger partial charge is 0.529 e. The van der Waals surface area contributed by atoms with Crippen LogP contribution in [0.3, 0.4) is 0 Å². The third-order valence-corrected chi connectivity index (χ3v) is 6.50. The lowest BCUT2D eigenvalue weighted by Gasteiger charge is -2.15.